The topological polar surface area (TPSA) is 43.6 Å². The number of alkyl halides is 1. The van der Waals surface area contributed by atoms with Crippen molar-refractivity contribution in [3.63, 3.8) is 0 Å². The average Bonchev–Trinajstić information content (AvgIpc) is 2.76. The Hall–Kier alpha value is -0.640. The summed E-state index contributed by atoms with van der Waals surface area (Å²) in [5.74, 6) is 2.77. The maximum Gasteiger partial charge on any atom is 0.166 e. The molecule has 0 aliphatic heterocycles. The minimum Gasteiger partial charge on any atom is -0.228 e. The zero-order valence-electron chi connectivity index (χ0n) is 8.36. The minimum atomic E-state index is 0.398. The fourth-order valence-electron chi connectivity index (χ4n) is 2.20. The van der Waals surface area contributed by atoms with E-state index in [1.807, 2.05) is 4.68 Å². The lowest BCUT2D eigenvalue weighted by Crippen LogP contribution is -2.12. The van der Waals surface area contributed by atoms with Gasteiger partial charge in [0.25, 0.3) is 0 Å². The fourth-order valence-corrected chi connectivity index (χ4v) is 2.39. The Bertz CT molecular complexity index is 299. The first-order valence-electron chi connectivity index (χ1n) is 5.10. The SMILES string of the molecule is CC1CCC(Cn2nnnc2CCl)C1. The van der Waals surface area contributed by atoms with Crippen LogP contribution < -0.4 is 0 Å². The van der Waals surface area contributed by atoms with Gasteiger partial charge >= 0.3 is 0 Å². The Morgan fingerprint density at radius 2 is 2.36 bits per heavy atom. The van der Waals surface area contributed by atoms with Gasteiger partial charge in [-0.2, -0.15) is 0 Å². The van der Waals surface area contributed by atoms with Crippen LogP contribution in [0.2, 0.25) is 0 Å². The van der Waals surface area contributed by atoms with Gasteiger partial charge in [0.1, 0.15) is 0 Å². The summed E-state index contributed by atoms with van der Waals surface area (Å²) in [6, 6.07) is 0. The normalized spacial score (nSPS) is 27.0. The van der Waals surface area contributed by atoms with Gasteiger partial charge in [-0.05, 0) is 35.1 Å². The predicted molar refractivity (Wildman–Crippen MR) is 53.9 cm³/mol. The first kappa shape index (κ1) is 9.90. The number of hydrogen-bond acceptors (Lipinski definition) is 3. The molecule has 1 aliphatic carbocycles. The minimum absolute atomic E-state index is 0.398. The summed E-state index contributed by atoms with van der Waals surface area (Å²) in [4.78, 5) is 0. The summed E-state index contributed by atoms with van der Waals surface area (Å²) in [5, 5.41) is 11.4. The second kappa shape index (κ2) is 4.26. The summed E-state index contributed by atoms with van der Waals surface area (Å²) >= 11 is 5.72. The first-order chi connectivity index (χ1) is 6.79. The molecule has 2 atom stereocenters. The Labute approximate surface area is 88.6 Å². The van der Waals surface area contributed by atoms with Crippen molar-refractivity contribution >= 4 is 11.6 Å². The number of aromatic nitrogens is 4. The second-order valence-corrected chi connectivity index (χ2v) is 4.46. The maximum atomic E-state index is 5.72. The van der Waals surface area contributed by atoms with Crippen LogP contribution in [0.25, 0.3) is 0 Å². The van der Waals surface area contributed by atoms with E-state index in [1.165, 1.54) is 19.3 Å². The molecule has 0 spiro atoms. The van der Waals surface area contributed by atoms with Gasteiger partial charge in [0.05, 0.1) is 5.88 Å². The van der Waals surface area contributed by atoms with Gasteiger partial charge in [0.15, 0.2) is 5.82 Å². The number of tetrazole rings is 1. The molecule has 1 heterocycles. The first-order valence-corrected chi connectivity index (χ1v) is 5.64. The molecule has 0 radical (unpaired) electrons. The molecule has 5 heteroatoms. The fraction of sp³-hybridized carbons (Fsp3) is 0.889. The van der Waals surface area contributed by atoms with Gasteiger partial charge in [-0.3, -0.25) is 0 Å². The van der Waals surface area contributed by atoms with E-state index in [0.717, 1.165) is 24.2 Å². The van der Waals surface area contributed by atoms with Crippen molar-refractivity contribution in [3.8, 4) is 0 Å². The molecule has 1 fully saturated rings. The van der Waals surface area contributed by atoms with Crippen molar-refractivity contribution in [1.82, 2.24) is 20.2 Å². The van der Waals surface area contributed by atoms with Crippen LogP contribution in [-0.2, 0) is 12.4 Å². The zero-order valence-corrected chi connectivity index (χ0v) is 9.11. The quantitative estimate of drug-likeness (QED) is 0.722. The highest BCUT2D eigenvalue weighted by Crippen LogP contribution is 2.31. The molecule has 0 N–H and O–H groups in total. The summed E-state index contributed by atoms with van der Waals surface area (Å²) in [6.45, 7) is 3.24. The number of halogens is 1. The van der Waals surface area contributed by atoms with E-state index in [2.05, 4.69) is 22.4 Å². The summed E-state index contributed by atoms with van der Waals surface area (Å²) < 4.78 is 1.84. The number of hydrogen-bond donors (Lipinski definition) is 0. The van der Waals surface area contributed by atoms with E-state index in [9.17, 15) is 0 Å². The monoisotopic (exact) mass is 214 g/mol. The molecule has 2 unspecified atom stereocenters. The Morgan fingerprint density at radius 1 is 1.50 bits per heavy atom. The summed E-state index contributed by atoms with van der Waals surface area (Å²) in [5.41, 5.74) is 0. The van der Waals surface area contributed by atoms with Crippen molar-refractivity contribution < 1.29 is 0 Å². The van der Waals surface area contributed by atoms with Crippen molar-refractivity contribution in [2.75, 3.05) is 0 Å². The molecule has 1 aliphatic rings. The van der Waals surface area contributed by atoms with E-state index in [-0.39, 0.29) is 0 Å². The Balaban J connectivity index is 1.97. The third kappa shape index (κ3) is 2.05. The van der Waals surface area contributed by atoms with E-state index in [0.29, 0.717) is 5.88 Å². The molecule has 1 aromatic heterocycles. The van der Waals surface area contributed by atoms with E-state index in [1.54, 1.807) is 0 Å². The molecule has 0 bridgehead atoms. The van der Waals surface area contributed by atoms with Gasteiger partial charge in [0, 0.05) is 6.54 Å². The molecular weight excluding hydrogens is 200 g/mol. The zero-order chi connectivity index (χ0) is 9.97. The van der Waals surface area contributed by atoms with E-state index >= 15 is 0 Å². The van der Waals surface area contributed by atoms with Crippen LogP contribution in [0, 0.1) is 11.8 Å². The Kier molecular flexibility index (Phi) is 3.01. The van der Waals surface area contributed by atoms with Gasteiger partial charge in [-0.1, -0.05) is 13.3 Å². The van der Waals surface area contributed by atoms with Crippen LogP contribution in [0.4, 0.5) is 0 Å². The van der Waals surface area contributed by atoms with Crippen LogP contribution in [0.1, 0.15) is 32.0 Å². The molecule has 14 heavy (non-hydrogen) atoms. The highest BCUT2D eigenvalue weighted by atomic mass is 35.5. The molecule has 4 nitrogen and oxygen atoms in total. The van der Waals surface area contributed by atoms with Gasteiger partial charge in [-0.25, -0.2) is 4.68 Å². The maximum absolute atomic E-state index is 5.72. The standard InChI is InChI=1S/C9H15ClN4/c1-7-2-3-8(4-7)6-14-9(5-10)11-12-13-14/h7-8H,2-6H2,1H3. The third-order valence-electron chi connectivity index (χ3n) is 2.96. The Morgan fingerprint density at radius 3 is 3.00 bits per heavy atom. The average molecular weight is 215 g/mol. The second-order valence-electron chi connectivity index (χ2n) is 4.20. The van der Waals surface area contributed by atoms with Crippen LogP contribution in [0.5, 0.6) is 0 Å². The molecule has 0 amide bonds. The molecular formula is C9H15ClN4. The predicted octanol–water partition coefficient (Wildman–Crippen LogP) is 1.85. The third-order valence-corrected chi connectivity index (χ3v) is 3.20. The highest BCUT2D eigenvalue weighted by molar-refractivity contribution is 6.16. The number of nitrogens with zero attached hydrogens (tertiary/aromatic N) is 4. The lowest BCUT2D eigenvalue weighted by atomic mass is 10.1. The highest BCUT2D eigenvalue weighted by Gasteiger charge is 2.22. The van der Waals surface area contributed by atoms with Crippen LogP contribution >= 0.6 is 11.6 Å². The summed E-state index contributed by atoms with van der Waals surface area (Å²) in [7, 11) is 0. The molecule has 0 saturated heterocycles. The lowest BCUT2D eigenvalue weighted by molar-refractivity contribution is 0.403. The van der Waals surface area contributed by atoms with Crippen molar-refractivity contribution in [2.24, 2.45) is 11.8 Å². The molecule has 1 saturated carbocycles. The molecule has 78 valence electrons. The van der Waals surface area contributed by atoms with Gasteiger partial charge < -0.3 is 0 Å². The van der Waals surface area contributed by atoms with Crippen LogP contribution in [0.15, 0.2) is 0 Å². The van der Waals surface area contributed by atoms with Gasteiger partial charge in [-0.15, -0.1) is 16.7 Å². The van der Waals surface area contributed by atoms with Crippen LogP contribution in [-0.4, -0.2) is 20.2 Å². The van der Waals surface area contributed by atoms with E-state index in [4.69, 9.17) is 11.6 Å². The van der Waals surface area contributed by atoms with Gasteiger partial charge in [0.2, 0.25) is 0 Å². The molecule has 0 aromatic carbocycles. The smallest absolute Gasteiger partial charge is 0.166 e. The van der Waals surface area contributed by atoms with Crippen molar-refractivity contribution in [1.29, 1.82) is 0 Å². The largest absolute Gasteiger partial charge is 0.228 e. The van der Waals surface area contributed by atoms with E-state index < -0.39 is 0 Å². The van der Waals surface area contributed by atoms with Crippen molar-refractivity contribution in [3.05, 3.63) is 5.82 Å². The molecule has 2 rings (SSSR count). The number of rotatable bonds is 3. The van der Waals surface area contributed by atoms with Crippen LogP contribution in [0.3, 0.4) is 0 Å². The lowest BCUT2D eigenvalue weighted by Gasteiger charge is -2.09. The summed E-state index contributed by atoms with van der Waals surface area (Å²) in [6.07, 6.45) is 3.92. The molecule has 1 aromatic rings. The van der Waals surface area contributed by atoms with Crippen molar-refractivity contribution in [2.45, 2.75) is 38.6 Å².